The Bertz CT molecular complexity index is 992. The van der Waals surface area contributed by atoms with E-state index >= 15 is 0 Å². The predicted octanol–water partition coefficient (Wildman–Crippen LogP) is 3.54. The second-order valence-corrected chi connectivity index (χ2v) is 5.68. The first-order valence-corrected chi connectivity index (χ1v) is 8.17. The van der Waals surface area contributed by atoms with Gasteiger partial charge in [0.05, 0.1) is 18.2 Å². The van der Waals surface area contributed by atoms with Gasteiger partial charge >= 0.3 is 11.9 Å². The van der Waals surface area contributed by atoms with Gasteiger partial charge in [-0.05, 0) is 66.7 Å². The summed E-state index contributed by atoms with van der Waals surface area (Å²) in [6, 6.07) is 16.0. The summed E-state index contributed by atoms with van der Waals surface area (Å²) in [5.41, 5.74) is 0.439. The Morgan fingerprint density at radius 2 is 1.11 bits per heavy atom. The number of esters is 2. The van der Waals surface area contributed by atoms with Crippen LogP contribution in [0.1, 0.15) is 20.7 Å². The molecule has 142 valence electrons. The molecule has 0 aromatic heterocycles. The lowest BCUT2D eigenvalue weighted by atomic mass is 10.2. The Hall–Kier alpha value is -4.00. The predicted molar refractivity (Wildman–Crippen MR) is 99.1 cm³/mol. The number of carbonyl (C=O) groups is 2. The molecular weight excluding hydrogens is 364 g/mol. The average Bonchev–Trinajstić information content (AvgIpc) is 2.71. The van der Waals surface area contributed by atoms with Gasteiger partial charge in [-0.1, -0.05) is 0 Å². The summed E-state index contributed by atoms with van der Waals surface area (Å²) in [5.74, 6) is -0.866. The zero-order chi connectivity index (χ0) is 20.1. The van der Waals surface area contributed by atoms with Gasteiger partial charge < -0.3 is 24.4 Å². The Balaban J connectivity index is 1.63. The van der Waals surface area contributed by atoms with Gasteiger partial charge in [0.15, 0.2) is 11.5 Å². The molecule has 3 aromatic carbocycles. The van der Waals surface area contributed by atoms with Crippen molar-refractivity contribution >= 4 is 11.9 Å². The van der Waals surface area contributed by atoms with Crippen LogP contribution in [0.5, 0.6) is 28.7 Å². The minimum Gasteiger partial charge on any atom is -0.504 e. The second kappa shape index (κ2) is 8.13. The normalized spacial score (nSPS) is 10.2. The summed E-state index contributed by atoms with van der Waals surface area (Å²) in [6.07, 6.45) is 0. The number of phenolic OH excluding ortho intramolecular Hbond substituents is 2. The molecule has 3 aromatic rings. The zero-order valence-electron chi connectivity index (χ0n) is 14.8. The minimum atomic E-state index is -0.710. The molecule has 0 saturated carbocycles. The van der Waals surface area contributed by atoms with Gasteiger partial charge in [-0.15, -0.1) is 0 Å². The fraction of sp³-hybridized carbons (Fsp3) is 0.0476. The molecule has 0 bridgehead atoms. The van der Waals surface area contributed by atoms with Crippen LogP contribution in [0.4, 0.5) is 0 Å². The van der Waals surface area contributed by atoms with Gasteiger partial charge in [-0.25, -0.2) is 9.59 Å². The Labute approximate surface area is 160 Å². The van der Waals surface area contributed by atoms with E-state index in [-0.39, 0.29) is 22.8 Å². The van der Waals surface area contributed by atoms with Crippen LogP contribution in [0.15, 0.2) is 66.7 Å². The number of rotatable bonds is 5. The van der Waals surface area contributed by atoms with Crippen molar-refractivity contribution in [2.45, 2.75) is 0 Å². The molecule has 0 atom stereocenters. The van der Waals surface area contributed by atoms with Crippen LogP contribution in [0, 0.1) is 0 Å². The van der Waals surface area contributed by atoms with E-state index < -0.39 is 17.7 Å². The van der Waals surface area contributed by atoms with Crippen LogP contribution in [0.25, 0.3) is 0 Å². The van der Waals surface area contributed by atoms with Crippen LogP contribution in [0.2, 0.25) is 0 Å². The highest BCUT2D eigenvalue weighted by Crippen LogP contribution is 2.26. The summed E-state index contributed by atoms with van der Waals surface area (Å²) in [6.45, 7) is 0. The maximum Gasteiger partial charge on any atom is 0.343 e. The Morgan fingerprint density at radius 3 is 1.61 bits per heavy atom. The van der Waals surface area contributed by atoms with Gasteiger partial charge in [0.2, 0.25) is 0 Å². The van der Waals surface area contributed by atoms with Crippen molar-refractivity contribution in [1.82, 2.24) is 0 Å². The number of hydrogen-bond donors (Lipinski definition) is 2. The Kier molecular flexibility index (Phi) is 5.45. The third-order valence-electron chi connectivity index (χ3n) is 3.78. The summed E-state index contributed by atoms with van der Waals surface area (Å²) >= 11 is 0. The highest BCUT2D eigenvalue weighted by atomic mass is 16.5. The number of phenols is 2. The summed E-state index contributed by atoms with van der Waals surface area (Å²) in [7, 11) is 1.53. The Morgan fingerprint density at radius 1 is 0.643 bits per heavy atom. The fourth-order valence-electron chi connectivity index (χ4n) is 2.29. The number of methoxy groups -OCH3 is 1. The van der Waals surface area contributed by atoms with E-state index in [1.165, 1.54) is 43.5 Å². The van der Waals surface area contributed by atoms with Crippen LogP contribution >= 0.6 is 0 Å². The lowest BCUT2D eigenvalue weighted by molar-refractivity contribution is 0.0719. The third kappa shape index (κ3) is 4.39. The van der Waals surface area contributed by atoms with Crippen molar-refractivity contribution in [2.24, 2.45) is 0 Å². The van der Waals surface area contributed by atoms with Gasteiger partial charge in [0, 0.05) is 0 Å². The molecule has 0 spiro atoms. The molecule has 7 nitrogen and oxygen atoms in total. The maximum atomic E-state index is 12.1. The summed E-state index contributed by atoms with van der Waals surface area (Å²) < 4.78 is 15.5. The third-order valence-corrected chi connectivity index (χ3v) is 3.78. The summed E-state index contributed by atoms with van der Waals surface area (Å²) in [4.78, 5) is 24.2. The second-order valence-electron chi connectivity index (χ2n) is 5.68. The molecule has 0 aliphatic heterocycles. The molecule has 0 aliphatic rings. The molecule has 0 unspecified atom stereocenters. The van der Waals surface area contributed by atoms with Crippen LogP contribution < -0.4 is 14.2 Å². The molecule has 0 radical (unpaired) electrons. The lowest BCUT2D eigenvalue weighted by Gasteiger charge is -2.08. The highest BCUT2D eigenvalue weighted by Gasteiger charge is 2.12. The highest BCUT2D eigenvalue weighted by molar-refractivity contribution is 5.92. The van der Waals surface area contributed by atoms with Gasteiger partial charge in [0.1, 0.15) is 17.2 Å². The van der Waals surface area contributed by atoms with E-state index in [1.54, 1.807) is 24.3 Å². The molecule has 7 heteroatoms. The monoisotopic (exact) mass is 380 g/mol. The number of benzene rings is 3. The zero-order valence-corrected chi connectivity index (χ0v) is 14.8. The van der Waals surface area contributed by atoms with Gasteiger partial charge in [-0.2, -0.15) is 0 Å². The largest absolute Gasteiger partial charge is 0.504 e. The summed E-state index contributed by atoms with van der Waals surface area (Å²) in [5, 5.41) is 18.7. The molecule has 3 rings (SSSR count). The van der Waals surface area contributed by atoms with E-state index in [0.717, 1.165) is 6.07 Å². The smallest absolute Gasteiger partial charge is 0.343 e. The number of carbonyl (C=O) groups excluding carboxylic acids is 2. The molecule has 0 aliphatic carbocycles. The van der Waals surface area contributed by atoms with E-state index in [4.69, 9.17) is 14.2 Å². The van der Waals surface area contributed by atoms with E-state index in [2.05, 4.69) is 0 Å². The minimum absolute atomic E-state index is 0.0744. The molecule has 0 amide bonds. The molecule has 0 saturated heterocycles. The first kappa shape index (κ1) is 18.8. The first-order valence-electron chi connectivity index (χ1n) is 8.17. The topological polar surface area (TPSA) is 102 Å². The van der Waals surface area contributed by atoms with Crippen molar-refractivity contribution in [1.29, 1.82) is 0 Å². The average molecular weight is 380 g/mol. The molecule has 2 N–H and O–H groups in total. The number of hydrogen-bond acceptors (Lipinski definition) is 7. The fourth-order valence-corrected chi connectivity index (χ4v) is 2.29. The van der Waals surface area contributed by atoms with E-state index in [0.29, 0.717) is 11.3 Å². The van der Waals surface area contributed by atoms with Gasteiger partial charge in [-0.3, -0.25) is 0 Å². The van der Waals surface area contributed by atoms with Crippen molar-refractivity contribution in [2.75, 3.05) is 7.11 Å². The van der Waals surface area contributed by atoms with E-state index in [1.807, 2.05) is 0 Å². The van der Waals surface area contributed by atoms with Crippen LogP contribution in [-0.4, -0.2) is 29.3 Å². The van der Waals surface area contributed by atoms with Crippen molar-refractivity contribution in [3.63, 3.8) is 0 Å². The molecule has 28 heavy (non-hydrogen) atoms. The van der Waals surface area contributed by atoms with Crippen LogP contribution in [-0.2, 0) is 0 Å². The molecule has 0 heterocycles. The van der Waals surface area contributed by atoms with Crippen molar-refractivity contribution < 1.29 is 34.0 Å². The lowest BCUT2D eigenvalue weighted by Crippen LogP contribution is -2.09. The van der Waals surface area contributed by atoms with Crippen molar-refractivity contribution in [3.8, 4) is 28.7 Å². The molecular formula is C21H16O7. The first-order chi connectivity index (χ1) is 13.5. The van der Waals surface area contributed by atoms with E-state index in [9.17, 15) is 19.8 Å². The molecule has 0 fully saturated rings. The van der Waals surface area contributed by atoms with Crippen LogP contribution in [0.3, 0.4) is 0 Å². The maximum absolute atomic E-state index is 12.1. The SMILES string of the molecule is COc1ccc(C(=O)Oc2ccc(OC(=O)c3ccc(O)c(O)c3)cc2)cc1. The number of aromatic hydroxyl groups is 2. The number of ether oxygens (including phenoxy) is 3. The van der Waals surface area contributed by atoms with Crippen molar-refractivity contribution in [3.05, 3.63) is 77.9 Å². The van der Waals surface area contributed by atoms with Gasteiger partial charge in [0.25, 0.3) is 0 Å². The quantitative estimate of drug-likeness (QED) is 0.396. The standard InChI is InChI=1S/C21H16O7/c1-26-15-5-2-13(3-6-15)20(24)27-16-7-9-17(10-8-16)28-21(25)14-4-11-18(22)19(23)12-14/h2-12,22-23H,1H3.